The number of rotatable bonds is 5. The van der Waals surface area contributed by atoms with Crippen LogP contribution in [-0.2, 0) is 9.59 Å². The highest BCUT2D eigenvalue weighted by atomic mass is 16.6. The lowest BCUT2D eigenvalue weighted by Gasteiger charge is -2.19. The van der Waals surface area contributed by atoms with Crippen LogP contribution in [0.5, 0.6) is 17.2 Å². The van der Waals surface area contributed by atoms with Crippen LogP contribution in [0.3, 0.4) is 0 Å². The molecular formula is C18H18N2O5. The monoisotopic (exact) mass is 342 g/mol. The van der Waals surface area contributed by atoms with Crippen LogP contribution in [0.25, 0.3) is 0 Å². The number of benzene rings is 2. The molecular weight excluding hydrogens is 324 g/mol. The summed E-state index contributed by atoms with van der Waals surface area (Å²) in [7, 11) is 1.57. The summed E-state index contributed by atoms with van der Waals surface area (Å²) in [6.45, 7) is 0.971. The Bertz CT molecular complexity index is 774. The first kappa shape index (κ1) is 16.6. The second-order valence-electron chi connectivity index (χ2n) is 5.36. The Morgan fingerprint density at radius 1 is 0.920 bits per heavy atom. The molecule has 0 aromatic heterocycles. The molecule has 2 aromatic carbocycles. The molecule has 0 saturated heterocycles. The Hall–Kier alpha value is -3.22. The van der Waals surface area contributed by atoms with Crippen LogP contribution in [0.2, 0.25) is 0 Å². The van der Waals surface area contributed by atoms with Crippen molar-refractivity contribution in [3.63, 3.8) is 0 Å². The molecule has 130 valence electrons. The fraction of sp³-hybridized carbons (Fsp3) is 0.222. The van der Waals surface area contributed by atoms with Gasteiger partial charge in [-0.3, -0.25) is 9.59 Å². The highest BCUT2D eigenvalue weighted by Gasteiger charge is 2.14. The molecule has 0 aliphatic carbocycles. The van der Waals surface area contributed by atoms with Gasteiger partial charge in [-0.15, -0.1) is 0 Å². The molecule has 2 N–H and O–H groups in total. The zero-order chi connectivity index (χ0) is 17.6. The van der Waals surface area contributed by atoms with Crippen molar-refractivity contribution >= 4 is 23.2 Å². The van der Waals surface area contributed by atoms with E-state index >= 15 is 0 Å². The van der Waals surface area contributed by atoms with Crippen molar-refractivity contribution in [2.75, 3.05) is 31.0 Å². The molecule has 0 atom stereocenters. The number of carbonyl (C=O) groups is 2. The Kier molecular flexibility index (Phi) is 5.03. The third-order valence-corrected chi connectivity index (χ3v) is 3.52. The fourth-order valence-corrected chi connectivity index (χ4v) is 2.35. The van der Waals surface area contributed by atoms with Gasteiger partial charge in [0.1, 0.15) is 25.4 Å². The van der Waals surface area contributed by atoms with E-state index in [2.05, 4.69) is 10.6 Å². The van der Waals surface area contributed by atoms with Crippen molar-refractivity contribution in [1.29, 1.82) is 0 Å². The predicted molar refractivity (Wildman–Crippen MR) is 92.3 cm³/mol. The molecule has 1 aliphatic rings. The van der Waals surface area contributed by atoms with Crippen LogP contribution in [0.4, 0.5) is 11.4 Å². The van der Waals surface area contributed by atoms with E-state index in [-0.39, 0.29) is 6.42 Å². The number of nitrogens with one attached hydrogen (secondary N) is 2. The normalized spacial score (nSPS) is 12.2. The maximum Gasteiger partial charge on any atom is 0.233 e. The number of methoxy groups -OCH3 is 1. The maximum absolute atomic E-state index is 12.0. The van der Waals surface area contributed by atoms with Crippen LogP contribution in [-0.4, -0.2) is 32.1 Å². The van der Waals surface area contributed by atoms with Gasteiger partial charge >= 0.3 is 0 Å². The number of fused-ring (bicyclic) bond motifs is 1. The average Bonchev–Trinajstić information content (AvgIpc) is 2.62. The van der Waals surface area contributed by atoms with Crippen molar-refractivity contribution in [3.8, 4) is 17.2 Å². The van der Waals surface area contributed by atoms with Gasteiger partial charge in [-0.2, -0.15) is 0 Å². The Morgan fingerprint density at radius 2 is 1.52 bits per heavy atom. The van der Waals surface area contributed by atoms with Gasteiger partial charge in [-0.1, -0.05) is 0 Å². The zero-order valence-corrected chi connectivity index (χ0v) is 13.7. The number of anilines is 2. The zero-order valence-electron chi connectivity index (χ0n) is 13.7. The molecule has 0 spiro atoms. The highest BCUT2D eigenvalue weighted by Crippen LogP contribution is 2.32. The first-order valence-corrected chi connectivity index (χ1v) is 7.77. The summed E-state index contributed by atoms with van der Waals surface area (Å²) < 4.78 is 15.9. The molecule has 7 nitrogen and oxygen atoms in total. The van der Waals surface area contributed by atoms with Crippen molar-refractivity contribution in [3.05, 3.63) is 42.5 Å². The van der Waals surface area contributed by atoms with E-state index in [0.717, 1.165) is 0 Å². The van der Waals surface area contributed by atoms with E-state index < -0.39 is 11.8 Å². The van der Waals surface area contributed by atoms with Gasteiger partial charge in [0.05, 0.1) is 7.11 Å². The maximum atomic E-state index is 12.0. The van der Waals surface area contributed by atoms with E-state index in [1.165, 1.54) is 0 Å². The molecule has 1 heterocycles. The second kappa shape index (κ2) is 7.57. The summed E-state index contributed by atoms with van der Waals surface area (Å²) in [5.41, 5.74) is 1.14. The van der Waals surface area contributed by atoms with Crippen LogP contribution in [0.1, 0.15) is 6.42 Å². The minimum atomic E-state index is -0.414. The molecule has 0 bridgehead atoms. The minimum absolute atomic E-state index is 0.291. The topological polar surface area (TPSA) is 85.9 Å². The number of amides is 2. The van der Waals surface area contributed by atoms with Crippen LogP contribution in [0, 0.1) is 0 Å². The summed E-state index contributed by atoms with van der Waals surface area (Å²) in [6.07, 6.45) is -0.291. The Labute approximate surface area is 144 Å². The van der Waals surface area contributed by atoms with Crippen molar-refractivity contribution in [2.24, 2.45) is 0 Å². The molecule has 0 saturated carbocycles. The van der Waals surface area contributed by atoms with Crippen LogP contribution < -0.4 is 24.8 Å². The van der Waals surface area contributed by atoms with E-state index in [4.69, 9.17) is 14.2 Å². The quantitative estimate of drug-likeness (QED) is 0.815. The first-order chi connectivity index (χ1) is 12.1. The molecule has 25 heavy (non-hydrogen) atoms. The van der Waals surface area contributed by atoms with Gasteiger partial charge in [0.2, 0.25) is 11.8 Å². The van der Waals surface area contributed by atoms with E-state index in [1.54, 1.807) is 49.6 Å². The van der Waals surface area contributed by atoms with Gasteiger partial charge in [0.25, 0.3) is 0 Å². The minimum Gasteiger partial charge on any atom is -0.497 e. The summed E-state index contributed by atoms with van der Waals surface area (Å²) in [6, 6.07) is 12.0. The lowest BCUT2D eigenvalue weighted by Crippen LogP contribution is -2.21. The average molecular weight is 342 g/mol. The molecule has 3 rings (SSSR count). The molecule has 0 fully saturated rings. The fourth-order valence-electron chi connectivity index (χ4n) is 2.35. The molecule has 2 aromatic rings. The van der Waals surface area contributed by atoms with Gasteiger partial charge in [-0.05, 0) is 36.4 Å². The Morgan fingerprint density at radius 3 is 2.20 bits per heavy atom. The lowest BCUT2D eigenvalue weighted by molar-refractivity contribution is -0.123. The Balaban J connectivity index is 1.53. The highest BCUT2D eigenvalue weighted by molar-refractivity contribution is 6.08. The third kappa shape index (κ3) is 4.41. The number of hydrogen-bond acceptors (Lipinski definition) is 5. The smallest absolute Gasteiger partial charge is 0.233 e. The van der Waals surface area contributed by atoms with Crippen LogP contribution in [0.15, 0.2) is 42.5 Å². The van der Waals surface area contributed by atoms with Crippen molar-refractivity contribution < 1.29 is 23.8 Å². The van der Waals surface area contributed by atoms with Gasteiger partial charge in [-0.25, -0.2) is 0 Å². The third-order valence-electron chi connectivity index (χ3n) is 3.52. The number of hydrogen-bond donors (Lipinski definition) is 2. The number of ether oxygens (including phenoxy) is 3. The van der Waals surface area contributed by atoms with Gasteiger partial charge in [0, 0.05) is 17.4 Å². The summed E-state index contributed by atoms with van der Waals surface area (Å²) in [5.74, 6) is 1.09. The summed E-state index contributed by atoms with van der Waals surface area (Å²) in [5, 5.41) is 5.33. The van der Waals surface area contributed by atoms with Crippen molar-refractivity contribution in [1.82, 2.24) is 0 Å². The first-order valence-electron chi connectivity index (χ1n) is 7.77. The molecule has 2 amide bonds. The van der Waals surface area contributed by atoms with Gasteiger partial charge < -0.3 is 24.8 Å². The van der Waals surface area contributed by atoms with E-state index in [9.17, 15) is 9.59 Å². The van der Waals surface area contributed by atoms with Crippen LogP contribution >= 0.6 is 0 Å². The van der Waals surface area contributed by atoms with Crippen molar-refractivity contribution in [2.45, 2.75) is 6.42 Å². The van der Waals surface area contributed by atoms with Gasteiger partial charge in [0.15, 0.2) is 11.5 Å². The number of carbonyl (C=O) groups excluding carboxylic acids is 2. The standard InChI is InChI=1S/C18H18N2O5/c1-23-14-5-2-12(3-6-14)19-17(21)11-18(22)20-13-4-7-15-16(10-13)25-9-8-24-15/h2-7,10H,8-9,11H2,1H3,(H,19,21)(H,20,22). The second-order valence-corrected chi connectivity index (χ2v) is 5.36. The summed E-state index contributed by atoms with van der Waals surface area (Å²) >= 11 is 0. The molecule has 0 radical (unpaired) electrons. The molecule has 0 unspecified atom stereocenters. The molecule has 1 aliphatic heterocycles. The largest absolute Gasteiger partial charge is 0.497 e. The lowest BCUT2D eigenvalue weighted by atomic mass is 10.2. The van der Waals surface area contributed by atoms with E-state index in [0.29, 0.717) is 41.8 Å². The predicted octanol–water partition coefficient (Wildman–Crippen LogP) is 2.43. The SMILES string of the molecule is COc1ccc(NC(=O)CC(=O)Nc2ccc3c(c2)OCCO3)cc1. The summed E-state index contributed by atoms with van der Waals surface area (Å²) in [4.78, 5) is 24.0. The van der Waals surface area contributed by atoms with E-state index in [1.807, 2.05) is 0 Å². The molecule has 7 heteroatoms.